The Kier molecular flexibility index (Phi) is 6.92. The van der Waals surface area contributed by atoms with Gasteiger partial charge in [0.2, 0.25) is 10.0 Å². The van der Waals surface area contributed by atoms with E-state index in [4.69, 9.17) is 4.74 Å². The number of hydrogen-bond donors (Lipinski definition) is 1. The molecule has 3 rings (SSSR count). The lowest BCUT2D eigenvalue weighted by atomic mass is 9.96. The van der Waals surface area contributed by atoms with Crippen LogP contribution in [-0.4, -0.2) is 38.3 Å². The zero-order chi connectivity index (χ0) is 20.9. The molecular formula is C22H28N2O4S. The van der Waals surface area contributed by atoms with Gasteiger partial charge < -0.3 is 10.1 Å². The Hall–Kier alpha value is -2.38. The number of carbonyl (C=O) groups excluding carboxylic acids is 1. The third-order valence-electron chi connectivity index (χ3n) is 5.29. The quantitative estimate of drug-likeness (QED) is 0.741. The molecule has 7 heteroatoms. The van der Waals surface area contributed by atoms with Crippen LogP contribution in [0.3, 0.4) is 0 Å². The lowest BCUT2D eigenvalue weighted by Crippen LogP contribution is -2.38. The van der Waals surface area contributed by atoms with E-state index in [9.17, 15) is 13.2 Å². The van der Waals surface area contributed by atoms with E-state index in [2.05, 4.69) is 5.32 Å². The first-order valence-electron chi connectivity index (χ1n) is 9.94. The molecule has 0 bridgehead atoms. The van der Waals surface area contributed by atoms with Crippen molar-refractivity contribution >= 4 is 21.6 Å². The van der Waals surface area contributed by atoms with Gasteiger partial charge >= 0.3 is 0 Å². The first-order valence-corrected chi connectivity index (χ1v) is 11.4. The summed E-state index contributed by atoms with van der Waals surface area (Å²) in [4.78, 5) is 12.3. The maximum atomic E-state index is 12.9. The third-order valence-corrected chi connectivity index (χ3v) is 7.22. The molecule has 1 N–H and O–H groups in total. The monoisotopic (exact) mass is 416 g/mol. The summed E-state index contributed by atoms with van der Waals surface area (Å²) in [6.07, 6.45) is 5.13. The molecule has 0 saturated heterocycles. The molecule has 0 unspecified atom stereocenters. The standard InChI is InChI=1S/C22H28N2O4S/c1-17-8-12-20(13-9-17)28-16-22(25)23-18-10-14-21(15-11-18)29(26,27)24(2)19-6-4-3-5-7-19/h8-15,19H,3-7,16H2,1-2H3,(H,23,25). The molecular weight excluding hydrogens is 388 g/mol. The van der Waals surface area contributed by atoms with Crippen molar-refractivity contribution in [2.24, 2.45) is 0 Å². The molecule has 156 valence electrons. The highest BCUT2D eigenvalue weighted by Crippen LogP contribution is 2.27. The molecule has 2 aromatic rings. The van der Waals surface area contributed by atoms with Crippen LogP contribution in [-0.2, 0) is 14.8 Å². The molecule has 0 heterocycles. The number of nitrogens with one attached hydrogen (secondary N) is 1. The molecule has 29 heavy (non-hydrogen) atoms. The van der Waals surface area contributed by atoms with Crippen molar-refractivity contribution in [3.05, 3.63) is 54.1 Å². The number of aryl methyl sites for hydroxylation is 1. The van der Waals surface area contributed by atoms with Crippen LogP contribution in [0.5, 0.6) is 5.75 Å². The summed E-state index contributed by atoms with van der Waals surface area (Å²) in [6, 6.07) is 13.8. The Morgan fingerprint density at radius 3 is 2.28 bits per heavy atom. The average molecular weight is 417 g/mol. The van der Waals surface area contributed by atoms with Gasteiger partial charge in [0.15, 0.2) is 6.61 Å². The zero-order valence-corrected chi connectivity index (χ0v) is 17.7. The largest absolute Gasteiger partial charge is 0.484 e. The second-order valence-corrected chi connectivity index (χ2v) is 9.48. The van der Waals surface area contributed by atoms with Gasteiger partial charge in [-0.05, 0) is 56.2 Å². The predicted octanol–water partition coefficient (Wildman–Crippen LogP) is 3.97. The Balaban J connectivity index is 1.57. The van der Waals surface area contributed by atoms with Gasteiger partial charge in [-0.2, -0.15) is 4.31 Å². The Morgan fingerprint density at radius 2 is 1.66 bits per heavy atom. The van der Waals surface area contributed by atoms with E-state index in [-0.39, 0.29) is 23.5 Å². The number of nitrogens with zero attached hydrogens (tertiary/aromatic N) is 1. The van der Waals surface area contributed by atoms with Crippen molar-refractivity contribution in [2.75, 3.05) is 19.0 Å². The van der Waals surface area contributed by atoms with Crippen LogP contribution in [0.2, 0.25) is 0 Å². The number of benzene rings is 2. The fraction of sp³-hybridized carbons (Fsp3) is 0.409. The maximum Gasteiger partial charge on any atom is 0.262 e. The molecule has 2 aromatic carbocycles. The van der Waals surface area contributed by atoms with Gasteiger partial charge in [-0.25, -0.2) is 8.42 Å². The highest BCUT2D eigenvalue weighted by Gasteiger charge is 2.28. The summed E-state index contributed by atoms with van der Waals surface area (Å²) in [6.45, 7) is 1.86. The number of carbonyl (C=O) groups is 1. The first-order chi connectivity index (χ1) is 13.9. The number of ether oxygens (including phenoxy) is 1. The number of hydrogen-bond acceptors (Lipinski definition) is 4. The highest BCUT2D eigenvalue weighted by atomic mass is 32.2. The number of rotatable bonds is 7. The Morgan fingerprint density at radius 1 is 1.03 bits per heavy atom. The number of sulfonamides is 1. The first kappa shape index (κ1) is 21.3. The topological polar surface area (TPSA) is 75.7 Å². The average Bonchev–Trinajstić information content (AvgIpc) is 2.74. The van der Waals surface area contributed by atoms with Gasteiger partial charge in [-0.3, -0.25) is 4.79 Å². The van der Waals surface area contributed by atoms with Crippen molar-refractivity contribution in [3.63, 3.8) is 0 Å². The summed E-state index contributed by atoms with van der Waals surface area (Å²) < 4.78 is 32.7. The molecule has 0 spiro atoms. The van der Waals surface area contributed by atoms with Crippen LogP contribution in [0, 0.1) is 6.92 Å². The van der Waals surface area contributed by atoms with Gasteiger partial charge in [-0.15, -0.1) is 0 Å². The van der Waals surface area contributed by atoms with Crippen molar-refractivity contribution in [1.82, 2.24) is 4.31 Å². The molecule has 6 nitrogen and oxygen atoms in total. The van der Waals surface area contributed by atoms with Gasteiger partial charge in [0.25, 0.3) is 5.91 Å². The molecule has 1 aliphatic carbocycles. The molecule has 1 amide bonds. The van der Waals surface area contributed by atoms with E-state index >= 15 is 0 Å². The normalized spacial score (nSPS) is 15.3. The summed E-state index contributed by atoms with van der Waals surface area (Å²) >= 11 is 0. The SMILES string of the molecule is Cc1ccc(OCC(=O)Nc2ccc(S(=O)(=O)N(C)C3CCCCC3)cc2)cc1. The lowest BCUT2D eigenvalue weighted by Gasteiger charge is -2.30. The smallest absolute Gasteiger partial charge is 0.262 e. The van der Waals surface area contributed by atoms with Crippen molar-refractivity contribution < 1.29 is 17.9 Å². The van der Waals surface area contributed by atoms with E-state index in [0.717, 1.165) is 31.2 Å². The summed E-state index contributed by atoms with van der Waals surface area (Å²) in [5.41, 5.74) is 1.65. The van der Waals surface area contributed by atoms with Crippen LogP contribution in [0.1, 0.15) is 37.7 Å². The molecule has 0 atom stereocenters. The molecule has 0 aliphatic heterocycles. The predicted molar refractivity (Wildman–Crippen MR) is 114 cm³/mol. The van der Waals surface area contributed by atoms with Gasteiger partial charge in [0, 0.05) is 18.8 Å². The minimum atomic E-state index is -3.54. The van der Waals surface area contributed by atoms with Crippen molar-refractivity contribution in [3.8, 4) is 5.75 Å². The fourth-order valence-electron chi connectivity index (χ4n) is 3.50. The number of amides is 1. The van der Waals surface area contributed by atoms with Crippen molar-refractivity contribution in [1.29, 1.82) is 0 Å². The number of anilines is 1. The minimum absolute atomic E-state index is 0.0621. The van der Waals surface area contributed by atoms with E-state index in [1.807, 2.05) is 31.2 Å². The van der Waals surface area contributed by atoms with E-state index < -0.39 is 10.0 Å². The van der Waals surface area contributed by atoms with Crippen LogP contribution in [0.15, 0.2) is 53.4 Å². The van der Waals surface area contributed by atoms with Crippen molar-refractivity contribution in [2.45, 2.75) is 50.0 Å². The molecule has 0 aromatic heterocycles. The summed E-state index contributed by atoms with van der Waals surface area (Å²) in [5.74, 6) is 0.318. The zero-order valence-electron chi connectivity index (χ0n) is 16.9. The van der Waals surface area contributed by atoms with E-state index in [1.165, 1.54) is 22.9 Å². The Labute approximate surface area is 172 Å². The van der Waals surface area contributed by atoms with Gasteiger partial charge in [0.05, 0.1) is 4.90 Å². The second-order valence-electron chi connectivity index (χ2n) is 7.49. The molecule has 0 radical (unpaired) electrons. The minimum Gasteiger partial charge on any atom is -0.484 e. The van der Waals surface area contributed by atoms with Crippen LogP contribution in [0.25, 0.3) is 0 Å². The van der Waals surface area contributed by atoms with Gasteiger partial charge in [0.1, 0.15) is 5.75 Å². The summed E-state index contributed by atoms with van der Waals surface area (Å²) in [7, 11) is -1.88. The van der Waals surface area contributed by atoms with Crippen LogP contribution < -0.4 is 10.1 Å². The van der Waals surface area contributed by atoms with Crippen LogP contribution in [0.4, 0.5) is 5.69 Å². The highest BCUT2D eigenvalue weighted by molar-refractivity contribution is 7.89. The second kappa shape index (κ2) is 9.41. The maximum absolute atomic E-state index is 12.9. The molecule has 1 fully saturated rings. The third kappa shape index (κ3) is 5.58. The lowest BCUT2D eigenvalue weighted by molar-refractivity contribution is -0.118. The van der Waals surface area contributed by atoms with Crippen LogP contribution >= 0.6 is 0 Å². The Bertz CT molecular complexity index is 918. The molecule has 1 aliphatic rings. The van der Waals surface area contributed by atoms with E-state index in [1.54, 1.807) is 19.2 Å². The van der Waals surface area contributed by atoms with Gasteiger partial charge in [-0.1, -0.05) is 37.0 Å². The summed E-state index contributed by atoms with van der Waals surface area (Å²) in [5, 5.41) is 2.72. The molecule has 1 saturated carbocycles. The van der Waals surface area contributed by atoms with E-state index in [0.29, 0.717) is 11.4 Å². The fourth-order valence-corrected chi connectivity index (χ4v) is 4.91.